The van der Waals surface area contributed by atoms with Gasteiger partial charge in [0, 0.05) is 62.5 Å². The zero-order valence-electron chi connectivity index (χ0n) is 21.8. The second-order valence-corrected chi connectivity index (χ2v) is 10.7. The van der Waals surface area contributed by atoms with Gasteiger partial charge in [-0.2, -0.15) is 0 Å². The highest BCUT2D eigenvalue weighted by molar-refractivity contribution is 5.98. The molecule has 1 atom stereocenters. The van der Waals surface area contributed by atoms with E-state index in [1.54, 1.807) is 6.20 Å². The summed E-state index contributed by atoms with van der Waals surface area (Å²) in [6.07, 6.45) is 15.1. The maximum absolute atomic E-state index is 11.5. The largest absolute Gasteiger partial charge is 0.507 e. The van der Waals surface area contributed by atoms with Gasteiger partial charge in [-0.05, 0) is 61.1 Å². The van der Waals surface area contributed by atoms with Crippen LogP contribution in [0.1, 0.15) is 30.2 Å². The van der Waals surface area contributed by atoms with E-state index >= 15 is 0 Å². The van der Waals surface area contributed by atoms with Gasteiger partial charge in [-0.25, -0.2) is 0 Å². The second kappa shape index (κ2) is 8.89. The van der Waals surface area contributed by atoms with Crippen molar-refractivity contribution in [3.8, 4) is 17.2 Å². The molecule has 3 aliphatic rings. The van der Waals surface area contributed by atoms with Crippen LogP contribution in [0.4, 0.5) is 5.69 Å². The Morgan fingerprint density at radius 3 is 2.44 bits per heavy atom. The fraction of sp³-hybridized carbons (Fsp3) is 0.242. The van der Waals surface area contributed by atoms with Crippen molar-refractivity contribution in [3.05, 3.63) is 82.0 Å². The molecule has 0 radical (unpaired) electrons. The van der Waals surface area contributed by atoms with Gasteiger partial charge in [0.15, 0.2) is 0 Å². The van der Waals surface area contributed by atoms with E-state index in [9.17, 15) is 15.3 Å². The van der Waals surface area contributed by atoms with Gasteiger partial charge in [-0.15, -0.1) is 0 Å². The van der Waals surface area contributed by atoms with Gasteiger partial charge >= 0.3 is 0 Å². The minimum Gasteiger partial charge on any atom is -0.507 e. The average Bonchev–Trinajstić information content (AvgIpc) is 3.53. The van der Waals surface area contributed by atoms with Crippen molar-refractivity contribution < 1.29 is 20.1 Å². The second-order valence-electron chi connectivity index (χ2n) is 10.7. The maximum atomic E-state index is 11.5. The SMILES string of the molecule is C/C=C/C=C/c1cc2cc3c(c(O)c2cn1)[C@]1(C=c2c(O)c4ccc(N5CCOCC5)cc4c(O)c2=C1)CC3. The number of nitrogens with zero attached hydrogens (tertiary/aromatic N) is 2. The lowest BCUT2D eigenvalue weighted by Gasteiger charge is -2.29. The van der Waals surface area contributed by atoms with E-state index in [4.69, 9.17) is 4.74 Å². The standard InChI is InChI=1S/C33H30N2O4/c1-2-3-4-5-22-15-21-14-20-8-9-33(29(20)32(38)28(21)19-34-22)17-26-27(18-33)31(37)25-16-23(6-7-24(25)30(26)36)35-10-12-39-13-11-35/h2-7,14-19,36-38H,8-13H2,1H3/b3-2+,5-4+/t33-/m0/s1. The number of rotatable bonds is 3. The quantitative estimate of drug-likeness (QED) is 0.276. The number of morpholine rings is 1. The first-order chi connectivity index (χ1) is 19.0. The summed E-state index contributed by atoms with van der Waals surface area (Å²) in [5.41, 5.74) is 3.13. The van der Waals surface area contributed by atoms with Crippen molar-refractivity contribution in [1.29, 1.82) is 0 Å². The van der Waals surface area contributed by atoms with Crippen molar-refractivity contribution in [3.63, 3.8) is 0 Å². The molecule has 1 saturated heterocycles. The Morgan fingerprint density at radius 1 is 0.897 bits per heavy atom. The van der Waals surface area contributed by atoms with Crippen molar-refractivity contribution in [2.45, 2.75) is 25.2 Å². The highest BCUT2D eigenvalue weighted by atomic mass is 16.5. The van der Waals surface area contributed by atoms with E-state index in [1.165, 1.54) is 0 Å². The molecule has 0 bridgehead atoms. The molecule has 0 unspecified atom stereocenters. The van der Waals surface area contributed by atoms with Crippen molar-refractivity contribution >= 4 is 45.5 Å². The Morgan fingerprint density at radius 2 is 1.67 bits per heavy atom. The number of phenols is 3. The minimum absolute atomic E-state index is 0.160. The molecule has 2 heterocycles. The number of benzene rings is 3. The summed E-state index contributed by atoms with van der Waals surface area (Å²) in [6.45, 7) is 4.89. The summed E-state index contributed by atoms with van der Waals surface area (Å²) in [5, 5.41) is 38.5. The number of allylic oxidation sites excluding steroid dienone is 3. The number of hydrogen-bond acceptors (Lipinski definition) is 6. The van der Waals surface area contributed by atoms with Crippen LogP contribution in [-0.2, 0) is 16.6 Å². The first kappa shape index (κ1) is 23.8. The Balaban J connectivity index is 1.38. The molecule has 6 heteroatoms. The number of aromatic hydroxyl groups is 3. The summed E-state index contributed by atoms with van der Waals surface area (Å²) >= 11 is 0. The van der Waals surface area contributed by atoms with E-state index in [1.807, 2.05) is 67.6 Å². The van der Waals surface area contributed by atoms with Crippen LogP contribution in [0.3, 0.4) is 0 Å². The lowest BCUT2D eigenvalue weighted by molar-refractivity contribution is 0.122. The van der Waals surface area contributed by atoms with Crippen LogP contribution in [0, 0.1) is 0 Å². The first-order valence-electron chi connectivity index (χ1n) is 13.5. The van der Waals surface area contributed by atoms with Gasteiger partial charge in [-0.3, -0.25) is 4.98 Å². The normalized spacial score (nSPS) is 20.3. The van der Waals surface area contributed by atoms with Crippen molar-refractivity contribution in [2.24, 2.45) is 0 Å². The number of aromatic nitrogens is 1. The third-order valence-corrected chi connectivity index (χ3v) is 8.44. The Labute approximate surface area is 226 Å². The Kier molecular flexibility index (Phi) is 5.42. The molecule has 0 amide bonds. The summed E-state index contributed by atoms with van der Waals surface area (Å²) in [7, 11) is 0. The van der Waals surface area contributed by atoms with Crippen molar-refractivity contribution in [1.82, 2.24) is 4.98 Å². The van der Waals surface area contributed by atoms with Crippen LogP contribution in [-0.4, -0.2) is 46.6 Å². The van der Waals surface area contributed by atoms with Crippen LogP contribution < -0.4 is 15.3 Å². The number of fused-ring (bicyclic) bond motifs is 5. The van der Waals surface area contributed by atoms with Crippen LogP contribution >= 0.6 is 0 Å². The molecule has 0 saturated carbocycles. The van der Waals surface area contributed by atoms with Gasteiger partial charge in [-0.1, -0.05) is 36.4 Å². The molecule has 2 aliphatic carbocycles. The average molecular weight is 519 g/mol. The molecular weight excluding hydrogens is 488 g/mol. The highest BCUT2D eigenvalue weighted by Crippen LogP contribution is 2.50. The molecule has 1 aliphatic heterocycles. The van der Waals surface area contributed by atoms with Gasteiger partial charge in [0.2, 0.25) is 0 Å². The fourth-order valence-electron chi connectivity index (χ4n) is 6.53. The Hall–Kier alpha value is -4.29. The maximum Gasteiger partial charge on any atom is 0.131 e. The lowest BCUT2D eigenvalue weighted by atomic mass is 9.81. The topological polar surface area (TPSA) is 86.1 Å². The third kappa shape index (κ3) is 3.62. The summed E-state index contributed by atoms with van der Waals surface area (Å²) in [5.74, 6) is 0.538. The number of pyridine rings is 1. The molecule has 196 valence electrons. The highest BCUT2D eigenvalue weighted by Gasteiger charge is 2.41. The molecule has 4 aromatic rings. The fourth-order valence-corrected chi connectivity index (χ4v) is 6.53. The number of ether oxygens (including phenoxy) is 1. The molecule has 39 heavy (non-hydrogen) atoms. The van der Waals surface area contributed by atoms with Crippen LogP contribution in [0.5, 0.6) is 17.2 Å². The lowest BCUT2D eigenvalue weighted by Crippen LogP contribution is -2.36. The molecule has 6 nitrogen and oxygen atoms in total. The van der Waals surface area contributed by atoms with Crippen LogP contribution in [0.15, 0.2) is 54.8 Å². The zero-order chi connectivity index (χ0) is 26.7. The van der Waals surface area contributed by atoms with Crippen LogP contribution in [0.25, 0.3) is 39.8 Å². The van der Waals surface area contributed by atoms with E-state index in [0.29, 0.717) is 39.8 Å². The van der Waals surface area contributed by atoms with Gasteiger partial charge in [0.25, 0.3) is 0 Å². The smallest absolute Gasteiger partial charge is 0.131 e. The molecule has 3 aromatic carbocycles. The van der Waals surface area contributed by atoms with Crippen molar-refractivity contribution in [2.75, 3.05) is 31.2 Å². The predicted molar refractivity (Wildman–Crippen MR) is 156 cm³/mol. The van der Waals surface area contributed by atoms with Gasteiger partial charge in [0.05, 0.1) is 18.9 Å². The number of anilines is 1. The summed E-state index contributed by atoms with van der Waals surface area (Å²) in [6, 6.07) is 9.97. The summed E-state index contributed by atoms with van der Waals surface area (Å²) < 4.78 is 5.49. The van der Waals surface area contributed by atoms with E-state index in [-0.39, 0.29) is 17.2 Å². The van der Waals surface area contributed by atoms with Crippen LogP contribution in [0.2, 0.25) is 0 Å². The predicted octanol–water partition coefficient (Wildman–Crippen LogP) is 4.39. The van der Waals surface area contributed by atoms with Gasteiger partial charge in [0.1, 0.15) is 17.2 Å². The minimum atomic E-state index is -0.611. The molecule has 7 rings (SSSR count). The monoisotopic (exact) mass is 518 g/mol. The van der Waals surface area contributed by atoms with Gasteiger partial charge < -0.3 is 25.0 Å². The molecule has 1 fully saturated rings. The number of aryl methyl sites for hydroxylation is 1. The molecule has 1 spiro atoms. The zero-order valence-corrected chi connectivity index (χ0v) is 21.8. The Bertz CT molecular complexity index is 1850. The summed E-state index contributed by atoms with van der Waals surface area (Å²) in [4.78, 5) is 6.77. The van der Waals surface area contributed by atoms with E-state index < -0.39 is 5.41 Å². The third-order valence-electron chi connectivity index (χ3n) is 8.44. The molecule has 1 aromatic heterocycles. The molecule has 3 N–H and O–H groups in total. The first-order valence-corrected chi connectivity index (χ1v) is 13.5. The molecular formula is C33H30N2O4. The van der Waals surface area contributed by atoms with E-state index in [0.717, 1.165) is 53.8 Å². The number of hydrogen-bond donors (Lipinski definition) is 3. The van der Waals surface area contributed by atoms with E-state index in [2.05, 4.69) is 16.0 Å². The number of phenolic OH excluding ortho intramolecular Hbond substituents is 3.